The zero-order valence-electron chi connectivity index (χ0n) is 14.5. The molecular formula is C16H29N5O3S. The Kier molecular flexibility index (Phi) is 7.83. The number of nitrogens with two attached hydrogens (primary N) is 2. The number of amides is 4. The van der Waals surface area contributed by atoms with Crippen molar-refractivity contribution >= 4 is 29.6 Å². The average molecular weight is 372 g/mol. The van der Waals surface area contributed by atoms with Gasteiger partial charge in [-0.3, -0.25) is 9.59 Å². The maximum Gasteiger partial charge on any atom is 0.315 e. The Balaban J connectivity index is 1.46. The molecule has 0 spiro atoms. The van der Waals surface area contributed by atoms with Gasteiger partial charge in [0.25, 0.3) is 0 Å². The van der Waals surface area contributed by atoms with E-state index in [2.05, 4.69) is 16.0 Å². The fourth-order valence-electron chi connectivity index (χ4n) is 3.22. The number of urea groups is 1. The summed E-state index contributed by atoms with van der Waals surface area (Å²) in [6, 6.07) is -0.161. The summed E-state index contributed by atoms with van der Waals surface area (Å²) in [6.45, 7) is 0.601. The summed E-state index contributed by atoms with van der Waals surface area (Å²) in [4.78, 5) is 33.9. The fraction of sp³-hybridized carbons (Fsp3) is 0.812. The minimum absolute atomic E-state index is 0.0588. The number of carbonyl (C=O) groups is 3. The van der Waals surface area contributed by atoms with Crippen molar-refractivity contribution in [1.82, 2.24) is 16.0 Å². The second-order valence-corrected chi connectivity index (χ2v) is 7.99. The van der Waals surface area contributed by atoms with Gasteiger partial charge in [-0.15, -0.1) is 0 Å². The van der Waals surface area contributed by atoms with Gasteiger partial charge in [-0.1, -0.05) is 6.42 Å². The quantitative estimate of drug-likeness (QED) is 0.253. The third kappa shape index (κ3) is 6.39. The lowest BCUT2D eigenvalue weighted by molar-refractivity contribution is -0.121. The number of unbranched alkanes of at least 4 members (excludes halogenated alkanes) is 2. The predicted octanol–water partition coefficient (Wildman–Crippen LogP) is -0.189. The molecule has 4 atom stereocenters. The molecule has 0 unspecified atom stereocenters. The van der Waals surface area contributed by atoms with Gasteiger partial charge in [0, 0.05) is 24.0 Å². The van der Waals surface area contributed by atoms with Crippen LogP contribution in [-0.2, 0) is 9.59 Å². The molecule has 9 heteroatoms. The third-order valence-electron chi connectivity index (χ3n) is 4.71. The van der Waals surface area contributed by atoms with E-state index in [0.29, 0.717) is 24.6 Å². The van der Waals surface area contributed by atoms with Crippen LogP contribution in [0.4, 0.5) is 4.79 Å². The summed E-state index contributed by atoms with van der Waals surface area (Å²) in [5, 5.41) is 9.25. The Hall–Kier alpha value is -1.48. The predicted molar refractivity (Wildman–Crippen MR) is 98.0 cm³/mol. The van der Waals surface area contributed by atoms with Gasteiger partial charge in [0.2, 0.25) is 11.8 Å². The van der Waals surface area contributed by atoms with E-state index in [1.807, 2.05) is 11.8 Å². The van der Waals surface area contributed by atoms with E-state index in [1.165, 1.54) is 0 Å². The van der Waals surface area contributed by atoms with E-state index in [4.69, 9.17) is 11.5 Å². The van der Waals surface area contributed by atoms with Crippen LogP contribution in [0, 0.1) is 0 Å². The largest absolute Gasteiger partial charge is 0.368 e. The first kappa shape index (κ1) is 19.8. The maximum absolute atomic E-state index is 11.8. The number of thioether (sulfide) groups is 1. The van der Waals surface area contributed by atoms with Gasteiger partial charge < -0.3 is 27.4 Å². The first-order chi connectivity index (χ1) is 12.0. The van der Waals surface area contributed by atoms with Crippen LogP contribution < -0.4 is 27.4 Å². The maximum atomic E-state index is 11.8. The Morgan fingerprint density at radius 3 is 2.80 bits per heavy atom. The van der Waals surface area contributed by atoms with Crippen molar-refractivity contribution in [1.29, 1.82) is 0 Å². The van der Waals surface area contributed by atoms with Crippen molar-refractivity contribution in [2.45, 2.75) is 68.3 Å². The van der Waals surface area contributed by atoms with E-state index in [1.54, 1.807) is 0 Å². The van der Waals surface area contributed by atoms with Crippen LogP contribution >= 0.6 is 11.8 Å². The van der Waals surface area contributed by atoms with Crippen molar-refractivity contribution in [3.8, 4) is 0 Å². The number of nitrogens with one attached hydrogen (secondary N) is 3. The van der Waals surface area contributed by atoms with E-state index in [0.717, 1.165) is 37.9 Å². The summed E-state index contributed by atoms with van der Waals surface area (Å²) in [5.41, 5.74) is 10.6. The van der Waals surface area contributed by atoms with Gasteiger partial charge in [0.15, 0.2) is 0 Å². The molecule has 8 nitrogen and oxygen atoms in total. The van der Waals surface area contributed by atoms with Crippen LogP contribution in [0.3, 0.4) is 0 Å². The highest BCUT2D eigenvalue weighted by molar-refractivity contribution is 8.00. The Morgan fingerprint density at radius 2 is 2.04 bits per heavy atom. The number of carbonyl (C=O) groups excluding carboxylic acids is 3. The standard InChI is InChI=1S/C16H29N5O3S/c17-10(15(18)23)5-3-4-8-19-13(22)7-2-1-6-12-14-11(9-25-12)20-16(24)21-14/h10-12,14H,1-9,17H2,(H2,18,23)(H,19,22)(H2,20,21,24)/t10-,11-,12+,14-/m1/s1. The van der Waals surface area contributed by atoms with Crippen molar-refractivity contribution < 1.29 is 14.4 Å². The zero-order chi connectivity index (χ0) is 18.2. The van der Waals surface area contributed by atoms with Crippen molar-refractivity contribution in [2.75, 3.05) is 12.3 Å². The molecule has 2 fully saturated rings. The Morgan fingerprint density at radius 1 is 1.24 bits per heavy atom. The van der Waals surface area contributed by atoms with Gasteiger partial charge >= 0.3 is 6.03 Å². The highest BCUT2D eigenvalue weighted by atomic mass is 32.2. The first-order valence-electron chi connectivity index (χ1n) is 8.97. The highest BCUT2D eigenvalue weighted by Gasteiger charge is 2.42. The molecular weight excluding hydrogens is 342 g/mol. The zero-order valence-corrected chi connectivity index (χ0v) is 15.3. The van der Waals surface area contributed by atoms with E-state index < -0.39 is 11.9 Å². The second kappa shape index (κ2) is 9.86. The Bertz CT molecular complexity index is 490. The van der Waals surface area contributed by atoms with Crippen LogP contribution in [0.5, 0.6) is 0 Å². The molecule has 0 aromatic carbocycles. The van der Waals surface area contributed by atoms with Gasteiger partial charge in [-0.25, -0.2) is 4.79 Å². The lowest BCUT2D eigenvalue weighted by Gasteiger charge is -2.16. The molecule has 7 N–H and O–H groups in total. The van der Waals surface area contributed by atoms with Crippen LogP contribution in [0.25, 0.3) is 0 Å². The molecule has 0 aromatic heterocycles. The topological polar surface area (TPSA) is 139 Å². The molecule has 142 valence electrons. The van der Waals surface area contributed by atoms with Crippen molar-refractivity contribution in [3.63, 3.8) is 0 Å². The van der Waals surface area contributed by atoms with Crippen molar-refractivity contribution in [2.24, 2.45) is 11.5 Å². The molecule has 2 rings (SSSR count). The minimum Gasteiger partial charge on any atom is -0.368 e. The molecule has 0 aliphatic carbocycles. The molecule has 2 aliphatic rings. The molecule has 4 amide bonds. The highest BCUT2D eigenvalue weighted by Crippen LogP contribution is 2.33. The third-order valence-corrected chi connectivity index (χ3v) is 6.22. The monoisotopic (exact) mass is 371 g/mol. The lowest BCUT2D eigenvalue weighted by atomic mass is 10.0. The second-order valence-electron chi connectivity index (χ2n) is 6.72. The number of hydrogen-bond donors (Lipinski definition) is 5. The smallest absolute Gasteiger partial charge is 0.315 e. The first-order valence-corrected chi connectivity index (χ1v) is 10.0. The van der Waals surface area contributed by atoms with Crippen LogP contribution in [-0.4, -0.2) is 53.5 Å². The van der Waals surface area contributed by atoms with Crippen LogP contribution in [0.15, 0.2) is 0 Å². The van der Waals surface area contributed by atoms with Gasteiger partial charge in [0.1, 0.15) is 0 Å². The van der Waals surface area contributed by atoms with Gasteiger partial charge in [0.05, 0.1) is 18.1 Å². The van der Waals surface area contributed by atoms with Gasteiger partial charge in [-0.05, 0) is 32.1 Å². The summed E-state index contributed by atoms with van der Waals surface area (Å²) < 4.78 is 0. The summed E-state index contributed by atoms with van der Waals surface area (Å²) in [5.74, 6) is 0.546. The summed E-state index contributed by atoms with van der Waals surface area (Å²) in [7, 11) is 0. The van der Waals surface area contributed by atoms with E-state index >= 15 is 0 Å². The van der Waals surface area contributed by atoms with E-state index in [9.17, 15) is 14.4 Å². The number of fused-ring (bicyclic) bond motifs is 1. The van der Waals surface area contributed by atoms with Crippen molar-refractivity contribution in [3.05, 3.63) is 0 Å². The normalized spacial score (nSPS) is 25.8. The Labute approximate surface area is 152 Å². The van der Waals surface area contributed by atoms with Gasteiger partial charge in [-0.2, -0.15) is 11.8 Å². The molecule has 25 heavy (non-hydrogen) atoms. The number of rotatable bonds is 11. The molecule has 2 heterocycles. The van der Waals surface area contributed by atoms with E-state index in [-0.39, 0.29) is 24.0 Å². The molecule has 0 radical (unpaired) electrons. The average Bonchev–Trinajstić information content (AvgIpc) is 3.10. The summed E-state index contributed by atoms with van der Waals surface area (Å²) in [6.07, 6.45) is 5.50. The molecule has 2 aliphatic heterocycles. The number of primary amides is 1. The molecule has 2 saturated heterocycles. The number of hydrogen-bond acceptors (Lipinski definition) is 5. The fourth-order valence-corrected chi connectivity index (χ4v) is 4.77. The SMILES string of the molecule is NC(=O)[C@H](N)CCCCNC(=O)CCCC[C@@H]1SC[C@H]2NC(=O)N[C@@H]12. The lowest BCUT2D eigenvalue weighted by Crippen LogP contribution is -2.36. The minimum atomic E-state index is -0.594. The molecule has 0 aromatic rings. The van der Waals surface area contributed by atoms with Crippen LogP contribution in [0.1, 0.15) is 44.9 Å². The van der Waals surface area contributed by atoms with Crippen LogP contribution in [0.2, 0.25) is 0 Å². The summed E-state index contributed by atoms with van der Waals surface area (Å²) >= 11 is 1.90. The molecule has 0 saturated carbocycles. The molecule has 0 bridgehead atoms.